The number of aliphatic hydroxyl groups is 1. The van der Waals surface area contributed by atoms with Gasteiger partial charge in [0.05, 0.1) is 12.7 Å². The molecule has 18 heavy (non-hydrogen) atoms. The highest BCUT2D eigenvalue weighted by atomic mass is 79.9. The molecule has 1 fully saturated rings. The van der Waals surface area contributed by atoms with Crippen molar-refractivity contribution < 1.29 is 9.84 Å². The zero-order valence-corrected chi connectivity index (χ0v) is 12.2. The number of aliphatic hydroxyl groups excluding tert-OH is 1. The van der Waals surface area contributed by atoms with Crippen LogP contribution in [0.4, 0.5) is 0 Å². The number of rotatable bonds is 6. The predicted octanol–water partition coefficient (Wildman–Crippen LogP) is 2.29. The zero-order valence-electron chi connectivity index (χ0n) is 10.6. The van der Waals surface area contributed by atoms with Gasteiger partial charge in [-0.15, -0.1) is 0 Å². The van der Waals surface area contributed by atoms with E-state index in [1.54, 1.807) is 7.11 Å². The molecule has 0 amide bonds. The first-order valence-electron chi connectivity index (χ1n) is 6.35. The lowest BCUT2D eigenvalue weighted by molar-refractivity contribution is 0.0597. The van der Waals surface area contributed by atoms with Crippen LogP contribution in [0.3, 0.4) is 0 Å². The molecule has 0 bridgehead atoms. The second kappa shape index (κ2) is 6.66. The average molecular weight is 314 g/mol. The fourth-order valence-corrected chi connectivity index (χ4v) is 3.01. The monoisotopic (exact) mass is 313 g/mol. The van der Waals surface area contributed by atoms with Gasteiger partial charge in [-0.05, 0) is 30.4 Å². The molecule has 1 aliphatic carbocycles. The summed E-state index contributed by atoms with van der Waals surface area (Å²) in [6.07, 6.45) is 1.88. The van der Waals surface area contributed by atoms with Crippen molar-refractivity contribution in [2.75, 3.05) is 20.3 Å². The van der Waals surface area contributed by atoms with Crippen molar-refractivity contribution in [3.63, 3.8) is 0 Å². The predicted molar refractivity (Wildman–Crippen MR) is 75.8 cm³/mol. The maximum Gasteiger partial charge on any atom is 0.0897 e. The average Bonchev–Trinajstić information content (AvgIpc) is 2.29. The lowest BCUT2D eigenvalue weighted by Crippen LogP contribution is -2.44. The number of nitrogens with one attached hydrogen (secondary N) is 1. The van der Waals surface area contributed by atoms with Gasteiger partial charge in [0.2, 0.25) is 0 Å². The van der Waals surface area contributed by atoms with E-state index in [2.05, 4.69) is 39.4 Å². The van der Waals surface area contributed by atoms with E-state index in [4.69, 9.17) is 4.74 Å². The number of ether oxygens (including phenoxy) is 1. The van der Waals surface area contributed by atoms with E-state index in [1.807, 2.05) is 6.07 Å². The van der Waals surface area contributed by atoms with Crippen LogP contribution in [-0.4, -0.2) is 37.5 Å². The Kier molecular flexibility index (Phi) is 5.18. The molecule has 0 aromatic heterocycles. The Bertz CT molecular complexity index is 380. The highest BCUT2D eigenvalue weighted by molar-refractivity contribution is 9.10. The van der Waals surface area contributed by atoms with Crippen LogP contribution in [0.5, 0.6) is 0 Å². The van der Waals surface area contributed by atoms with Crippen molar-refractivity contribution in [3.8, 4) is 0 Å². The first kappa shape index (κ1) is 14.0. The van der Waals surface area contributed by atoms with Crippen molar-refractivity contribution >= 4 is 15.9 Å². The molecule has 0 spiro atoms. The molecular weight excluding hydrogens is 294 g/mol. The van der Waals surface area contributed by atoms with Gasteiger partial charge in [0, 0.05) is 24.2 Å². The van der Waals surface area contributed by atoms with E-state index in [1.165, 1.54) is 10.0 Å². The van der Waals surface area contributed by atoms with Gasteiger partial charge in [0.25, 0.3) is 0 Å². The van der Waals surface area contributed by atoms with Crippen LogP contribution in [0, 0.1) is 0 Å². The molecular formula is C14H20BrNO2. The van der Waals surface area contributed by atoms with Gasteiger partial charge < -0.3 is 15.2 Å². The SMILES string of the molecule is COCC(O)CNC1CC(c2ccccc2Br)C1. The van der Waals surface area contributed by atoms with Gasteiger partial charge in [0.1, 0.15) is 0 Å². The van der Waals surface area contributed by atoms with E-state index >= 15 is 0 Å². The normalized spacial score (nSPS) is 24.6. The molecule has 2 rings (SSSR count). The molecule has 1 aromatic carbocycles. The minimum atomic E-state index is -0.405. The van der Waals surface area contributed by atoms with Crippen LogP contribution < -0.4 is 5.32 Å². The summed E-state index contributed by atoms with van der Waals surface area (Å²) in [5.41, 5.74) is 1.40. The Morgan fingerprint density at radius 3 is 2.83 bits per heavy atom. The third kappa shape index (κ3) is 3.54. The highest BCUT2D eigenvalue weighted by Gasteiger charge is 2.31. The largest absolute Gasteiger partial charge is 0.389 e. The van der Waals surface area contributed by atoms with Crippen LogP contribution >= 0.6 is 15.9 Å². The fourth-order valence-electron chi connectivity index (χ4n) is 2.40. The number of hydrogen-bond donors (Lipinski definition) is 2. The Balaban J connectivity index is 1.73. The molecule has 2 N–H and O–H groups in total. The Hall–Kier alpha value is -0.420. The zero-order chi connectivity index (χ0) is 13.0. The topological polar surface area (TPSA) is 41.5 Å². The third-order valence-corrected chi connectivity index (χ3v) is 4.21. The molecule has 1 atom stereocenters. The molecule has 100 valence electrons. The maximum atomic E-state index is 9.55. The van der Waals surface area contributed by atoms with Crippen molar-refractivity contribution in [2.45, 2.75) is 30.9 Å². The first-order chi connectivity index (χ1) is 8.70. The van der Waals surface area contributed by atoms with E-state index in [-0.39, 0.29) is 0 Å². The lowest BCUT2D eigenvalue weighted by Gasteiger charge is -2.37. The summed E-state index contributed by atoms with van der Waals surface area (Å²) in [7, 11) is 1.61. The minimum absolute atomic E-state index is 0.396. The van der Waals surface area contributed by atoms with Gasteiger partial charge in [-0.2, -0.15) is 0 Å². The summed E-state index contributed by atoms with van der Waals surface area (Å²) in [6, 6.07) is 8.93. The Morgan fingerprint density at radius 1 is 1.44 bits per heavy atom. The minimum Gasteiger partial charge on any atom is -0.389 e. The van der Waals surface area contributed by atoms with E-state index in [9.17, 15) is 5.11 Å². The Morgan fingerprint density at radius 2 is 2.17 bits per heavy atom. The van der Waals surface area contributed by atoms with Gasteiger partial charge in [-0.1, -0.05) is 34.1 Å². The smallest absolute Gasteiger partial charge is 0.0897 e. The van der Waals surface area contributed by atoms with Gasteiger partial charge >= 0.3 is 0 Å². The third-order valence-electron chi connectivity index (χ3n) is 3.48. The molecule has 0 saturated heterocycles. The summed E-state index contributed by atoms with van der Waals surface area (Å²) in [5, 5.41) is 12.9. The molecule has 1 aliphatic rings. The summed E-state index contributed by atoms with van der Waals surface area (Å²) >= 11 is 3.60. The second-order valence-electron chi connectivity index (χ2n) is 4.90. The van der Waals surface area contributed by atoms with Crippen molar-refractivity contribution in [1.29, 1.82) is 0 Å². The second-order valence-corrected chi connectivity index (χ2v) is 5.76. The number of methoxy groups -OCH3 is 1. The number of hydrogen-bond acceptors (Lipinski definition) is 3. The molecule has 1 unspecified atom stereocenters. The van der Waals surface area contributed by atoms with Crippen LogP contribution in [0.25, 0.3) is 0 Å². The fraction of sp³-hybridized carbons (Fsp3) is 0.571. The summed E-state index contributed by atoms with van der Waals surface area (Å²) in [4.78, 5) is 0. The molecule has 3 nitrogen and oxygen atoms in total. The molecule has 0 aliphatic heterocycles. The van der Waals surface area contributed by atoms with Crippen LogP contribution in [0.1, 0.15) is 24.3 Å². The van der Waals surface area contributed by atoms with Gasteiger partial charge in [-0.25, -0.2) is 0 Å². The molecule has 4 heteroatoms. The van der Waals surface area contributed by atoms with Gasteiger partial charge in [0.15, 0.2) is 0 Å². The van der Waals surface area contributed by atoms with E-state index in [0.29, 0.717) is 25.1 Å². The molecule has 1 aromatic rings. The standard InChI is InChI=1S/C14H20BrNO2/c1-18-9-12(17)8-16-11-6-10(7-11)13-4-2-3-5-14(13)15/h2-5,10-12,16-17H,6-9H2,1H3. The van der Waals surface area contributed by atoms with Crippen LogP contribution in [-0.2, 0) is 4.74 Å². The summed E-state index contributed by atoms with van der Waals surface area (Å²) in [6.45, 7) is 1.01. The van der Waals surface area contributed by atoms with Crippen LogP contribution in [0.2, 0.25) is 0 Å². The number of halogens is 1. The molecule has 1 saturated carbocycles. The first-order valence-corrected chi connectivity index (χ1v) is 7.14. The number of benzene rings is 1. The van der Waals surface area contributed by atoms with Crippen molar-refractivity contribution in [3.05, 3.63) is 34.3 Å². The molecule has 0 radical (unpaired) electrons. The van der Waals surface area contributed by atoms with Crippen LogP contribution in [0.15, 0.2) is 28.7 Å². The summed E-state index contributed by atoms with van der Waals surface area (Å²) in [5.74, 6) is 0.637. The van der Waals surface area contributed by atoms with E-state index < -0.39 is 6.10 Å². The van der Waals surface area contributed by atoms with Gasteiger partial charge in [-0.3, -0.25) is 0 Å². The highest BCUT2D eigenvalue weighted by Crippen LogP contribution is 2.39. The summed E-state index contributed by atoms with van der Waals surface area (Å²) < 4.78 is 6.10. The lowest BCUT2D eigenvalue weighted by atomic mass is 9.76. The Labute approximate surface area is 117 Å². The van der Waals surface area contributed by atoms with E-state index in [0.717, 1.165) is 12.8 Å². The van der Waals surface area contributed by atoms with Crippen molar-refractivity contribution in [1.82, 2.24) is 5.32 Å². The quantitative estimate of drug-likeness (QED) is 0.846. The van der Waals surface area contributed by atoms with Crippen molar-refractivity contribution in [2.24, 2.45) is 0 Å². The molecule has 0 heterocycles. The maximum absolute atomic E-state index is 9.55.